The van der Waals surface area contributed by atoms with Crippen LogP contribution in [-0.2, 0) is 19.1 Å². The van der Waals surface area contributed by atoms with Gasteiger partial charge in [0.1, 0.15) is 12.5 Å². The minimum atomic E-state index is -0.872. The molecule has 1 fully saturated rings. The van der Waals surface area contributed by atoms with Gasteiger partial charge in [0.2, 0.25) is 19.0 Å². The number of carbonyl (C=O) groups excluding carboxylic acids is 1. The fourth-order valence-electron chi connectivity index (χ4n) is 5.80. The van der Waals surface area contributed by atoms with Crippen molar-refractivity contribution in [2.45, 2.75) is 78.0 Å². The smallest absolute Gasteiger partial charge is 0.308 e. The summed E-state index contributed by atoms with van der Waals surface area (Å²) in [5.74, 6) is -0.546. The molecule has 1 saturated heterocycles. The number of carbonyl (C=O) groups is 2. The van der Waals surface area contributed by atoms with Crippen LogP contribution < -0.4 is 9.47 Å². The number of unbranched alkanes of at least 4 members (excludes halogenated alkanes) is 2. The normalized spacial score (nSPS) is 22.9. The summed E-state index contributed by atoms with van der Waals surface area (Å²) in [6.07, 6.45) is 6.95. The van der Waals surface area contributed by atoms with Crippen LogP contribution in [0.25, 0.3) is 0 Å². The largest absolute Gasteiger partial charge is 0.481 e. The number of nitrogens with zero attached hydrogens (tertiary/aromatic N) is 2. The fourth-order valence-corrected chi connectivity index (χ4v) is 5.80. The molecule has 3 heterocycles. The first-order valence-electron chi connectivity index (χ1n) is 13.8. The van der Waals surface area contributed by atoms with Crippen molar-refractivity contribution in [3.8, 4) is 11.5 Å². The molecule has 38 heavy (non-hydrogen) atoms. The van der Waals surface area contributed by atoms with E-state index in [-0.39, 0.29) is 31.2 Å². The zero-order valence-electron chi connectivity index (χ0n) is 23.1. The average molecular weight is 531 g/mol. The second-order valence-corrected chi connectivity index (χ2v) is 11.2. The van der Waals surface area contributed by atoms with Crippen LogP contribution in [0.15, 0.2) is 30.7 Å². The maximum atomic E-state index is 13.6. The summed E-state index contributed by atoms with van der Waals surface area (Å²) >= 11 is 0. The van der Waals surface area contributed by atoms with Crippen LogP contribution in [0.2, 0.25) is 0 Å². The first-order valence-corrected chi connectivity index (χ1v) is 13.8. The Balaban J connectivity index is 1.62. The van der Waals surface area contributed by atoms with Gasteiger partial charge in [-0.3, -0.25) is 14.5 Å². The monoisotopic (exact) mass is 530 g/mol. The number of fused-ring (bicyclic) bond motifs is 1. The molecule has 4 rings (SSSR count). The van der Waals surface area contributed by atoms with E-state index in [2.05, 4.69) is 18.7 Å². The highest BCUT2D eigenvalue weighted by molar-refractivity contribution is 5.79. The van der Waals surface area contributed by atoms with E-state index in [4.69, 9.17) is 18.9 Å². The number of amides is 1. The first-order chi connectivity index (χ1) is 18.2. The van der Waals surface area contributed by atoms with Crippen LogP contribution >= 0.6 is 0 Å². The molecule has 3 atom stereocenters. The Morgan fingerprint density at radius 2 is 1.71 bits per heavy atom. The third-order valence-electron chi connectivity index (χ3n) is 7.95. The Kier molecular flexibility index (Phi) is 9.07. The molecular weight excluding hydrogens is 488 g/mol. The summed E-state index contributed by atoms with van der Waals surface area (Å²) in [5, 5.41) is 10.5. The second kappa shape index (κ2) is 12.3. The van der Waals surface area contributed by atoms with Crippen LogP contribution in [-0.4, -0.2) is 72.1 Å². The number of carboxylic acid groups (broad SMARTS) is 1. The van der Waals surface area contributed by atoms with Crippen LogP contribution in [0.4, 0.5) is 0 Å². The maximum Gasteiger partial charge on any atom is 0.308 e. The van der Waals surface area contributed by atoms with Crippen molar-refractivity contribution in [2.75, 3.05) is 33.0 Å². The van der Waals surface area contributed by atoms with E-state index in [1.807, 2.05) is 36.9 Å². The SMILES string of the molecule is CCCCN(CCCC)C(=O)CN1C[C@@H](c2ccc3c(c2)OCO3)[C@H](C(=O)O)[C@H]1CC(C)(C)C1OC=CO1. The van der Waals surface area contributed by atoms with Crippen LogP contribution in [0.5, 0.6) is 11.5 Å². The van der Waals surface area contributed by atoms with Gasteiger partial charge in [-0.1, -0.05) is 46.6 Å². The topological polar surface area (TPSA) is 97.8 Å². The van der Waals surface area contributed by atoms with Crippen LogP contribution in [0, 0.1) is 11.3 Å². The Hall–Kier alpha value is -2.94. The van der Waals surface area contributed by atoms with E-state index in [1.54, 1.807) is 0 Å². The number of hydrogen-bond acceptors (Lipinski definition) is 7. The van der Waals surface area contributed by atoms with E-state index in [0.29, 0.717) is 24.5 Å². The Morgan fingerprint density at radius 1 is 1.05 bits per heavy atom. The van der Waals surface area contributed by atoms with Crippen LogP contribution in [0.1, 0.15) is 71.3 Å². The zero-order valence-corrected chi connectivity index (χ0v) is 23.1. The molecule has 0 aromatic heterocycles. The van der Waals surface area contributed by atoms with Crippen molar-refractivity contribution in [2.24, 2.45) is 11.3 Å². The standard InChI is InChI=1S/C29H42N2O7/c1-5-7-11-30(12-8-6-2)25(32)18-31-17-21(20-9-10-23-24(15-20)38-19-37-23)26(27(33)34)22(31)16-29(3,4)28-35-13-14-36-28/h9-10,13-15,21-22,26,28H,5-8,11-12,16-19H2,1-4H3,(H,33,34)/t21-,22+,26-/m0/s1. The Labute approximate surface area is 225 Å². The van der Waals surface area contributed by atoms with Gasteiger partial charge >= 0.3 is 5.97 Å². The summed E-state index contributed by atoms with van der Waals surface area (Å²) in [6, 6.07) is 5.27. The lowest BCUT2D eigenvalue weighted by Gasteiger charge is -2.37. The third kappa shape index (κ3) is 6.20. The van der Waals surface area contributed by atoms with Gasteiger partial charge < -0.3 is 29.0 Å². The van der Waals surface area contributed by atoms with E-state index in [9.17, 15) is 14.7 Å². The molecule has 0 unspecified atom stereocenters. The van der Waals surface area contributed by atoms with Crippen molar-refractivity contribution in [1.82, 2.24) is 9.80 Å². The van der Waals surface area contributed by atoms with E-state index in [1.165, 1.54) is 12.5 Å². The highest BCUT2D eigenvalue weighted by Crippen LogP contribution is 2.46. The highest BCUT2D eigenvalue weighted by atomic mass is 16.7. The number of likely N-dealkylation sites (tertiary alicyclic amines) is 1. The maximum absolute atomic E-state index is 13.6. The predicted molar refractivity (Wildman–Crippen MR) is 142 cm³/mol. The molecule has 3 aliphatic rings. The lowest BCUT2D eigenvalue weighted by Crippen LogP contribution is -2.47. The summed E-state index contributed by atoms with van der Waals surface area (Å²) in [6.45, 7) is 10.5. The number of aliphatic carboxylic acids is 1. The summed E-state index contributed by atoms with van der Waals surface area (Å²) in [4.78, 5) is 30.4. The Bertz CT molecular complexity index is 995. The number of ether oxygens (including phenoxy) is 4. The summed E-state index contributed by atoms with van der Waals surface area (Å²) < 4.78 is 22.4. The van der Waals surface area contributed by atoms with Gasteiger partial charge in [-0.15, -0.1) is 0 Å². The van der Waals surface area contributed by atoms with E-state index < -0.39 is 23.6 Å². The van der Waals surface area contributed by atoms with Gasteiger partial charge in [0.25, 0.3) is 0 Å². The fraction of sp³-hybridized carbons (Fsp3) is 0.655. The molecule has 0 spiro atoms. The molecule has 1 amide bonds. The van der Waals surface area contributed by atoms with Crippen molar-refractivity contribution < 1.29 is 33.6 Å². The molecule has 9 nitrogen and oxygen atoms in total. The number of hydrogen-bond donors (Lipinski definition) is 1. The van der Waals surface area contributed by atoms with Crippen molar-refractivity contribution in [1.29, 1.82) is 0 Å². The number of carboxylic acids is 1. The zero-order chi connectivity index (χ0) is 27.3. The molecule has 0 bridgehead atoms. The van der Waals surface area contributed by atoms with Crippen molar-refractivity contribution >= 4 is 11.9 Å². The molecule has 0 radical (unpaired) electrons. The number of rotatable bonds is 13. The minimum Gasteiger partial charge on any atom is -0.481 e. The lowest BCUT2D eigenvalue weighted by molar-refractivity contribution is -0.146. The molecule has 1 aromatic carbocycles. The first kappa shape index (κ1) is 28.1. The van der Waals surface area contributed by atoms with Crippen molar-refractivity contribution in [3.05, 3.63) is 36.3 Å². The molecule has 210 valence electrons. The van der Waals surface area contributed by atoms with Crippen LogP contribution in [0.3, 0.4) is 0 Å². The van der Waals surface area contributed by atoms with Crippen molar-refractivity contribution in [3.63, 3.8) is 0 Å². The number of benzene rings is 1. The Morgan fingerprint density at radius 3 is 2.34 bits per heavy atom. The van der Waals surface area contributed by atoms with Gasteiger partial charge in [-0.25, -0.2) is 0 Å². The van der Waals surface area contributed by atoms with Gasteiger partial charge in [0.05, 0.1) is 12.5 Å². The molecule has 3 aliphatic heterocycles. The van der Waals surface area contributed by atoms with E-state index in [0.717, 1.165) is 44.3 Å². The minimum absolute atomic E-state index is 0.0558. The molecule has 0 saturated carbocycles. The summed E-state index contributed by atoms with van der Waals surface area (Å²) in [5.41, 5.74) is 0.389. The molecular formula is C29H42N2O7. The predicted octanol–water partition coefficient (Wildman–Crippen LogP) is 4.57. The van der Waals surface area contributed by atoms with Gasteiger partial charge in [0, 0.05) is 37.0 Å². The van der Waals surface area contributed by atoms with Gasteiger partial charge in [0.15, 0.2) is 11.5 Å². The van der Waals surface area contributed by atoms with E-state index >= 15 is 0 Å². The highest BCUT2D eigenvalue weighted by Gasteiger charge is 2.51. The lowest BCUT2D eigenvalue weighted by atomic mass is 9.77. The average Bonchev–Trinajstić information content (AvgIpc) is 3.64. The van der Waals surface area contributed by atoms with Gasteiger partial charge in [-0.2, -0.15) is 0 Å². The quantitative estimate of drug-likeness (QED) is 0.396. The molecule has 9 heteroatoms. The molecule has 1 aromatic rings. The summed E-state index contributed by atoms with van der Waals surface area (Å²) in [7, 11) is 0. The third-order valence-corrected chi connectivity index (χ3v) is 7.95. The van der Waals surface area contributed by atoms with Gasteiger partial charge in [-0.05, 0) is 37.0 Å². The molecule has 1 N–H and O–H groups in total. The molecule has 0 aliphatic carbocycles. The second-order valence-electron chi connectivity index (χ2n) is 11.2.